The molecule has 204 valence electrons. The minimum atomic E-state index is -1.05. The zero-order valence-corrected chi connectivity index (χ0v) is 21.9. The quantitative estimate of drug-likeness (QED) is 0.312. The summed E-state index contributed by atoms with van der Waals surface area (Å²) in [6.45, 7) is 6.67. The minimum absolute atomic E-state index is 0.172. The van der Waals surface area contributed by atoms with Crippen LogP contribution in [0.2, 0.25) is 0 Å². The Morgan fingerprint density at radius 2 is 1.79 bits per heavy atom. The molecule has 4 heterocycles. The summed E-state index contributed by atoms with van der Waals surface area (Å²) >= 11 is 0. The number of nitrogens with one attached hydrogen (secondary N) is 3. The van der Waals surface area contributed by atoms with Crippen LogP contribution in [0.5, 0.6) is 11.5 Å². The van der Waals surface area contributed by atoms with Crippen molar-refractivity contribution in [1.82, 2.24) is 25.1 Å². The summed E-state index contributed by atoms with van der Waals surface area (Å²) in [4.78, 5) is 13.2. The van der Waals surface area contributed by atoms with Crippen LogP contribution in [-0.4, -0.2) is 89.5 Å². The summed E-state index contributed by atoms with van der Waals surface area (Å²) in [5, 5.41) is 15.5. The maximum atomic E-state index is 15.4. The Kier molecular flexibility index (Phi) is 7.40. The van der Waals surface area contributed by atoms with Crippen LogP contribution in [0.25, 0.3) is 0 Å². The lowest BCUT2D eigenvalue weighted by Crippen LogP contribution is -2.65. The van der Waals surface area contributed by atoms with Gasteiger partial charge in [0.1, 0.15) is 35.6 Å². The van der Waals surface area contributed by atoms with E-state index in [9.17, 15) is 0 Å². The number of ether oxygens (including phenoxy) is 1. The fraction of sp³-hybridized carbons (Fsp3) is 0.414. The summed E-state index contributed by atoms with van der Waals surface area (Å²) in [7, 11) is 0. The highest BCUT2D eigenvalue weighted by molar-refractivity contribution is 6.16. The molecule has 0 saturated carbocycles. The highest BCUT2D eigenvalue weighted by Crippen LogP contribution is 2.28. The van der Waals surface area contributed by atoms with E-state index < -0.39 is 12.2 Å². The van der Waals surface area contributed by atoms with Crippen molar-refractivity contribution in [2.45, 2.75) is 24.7 Å². The lowest BCUT2D eigenvalue weighted by Gasteiger charge is -2.50. The lowest BCUT2D eigenvalue weighted by atomic mass is 9.95. The predicted molar refractivity (Wildman–Crippen MR) is 150 cm³/mol. The van der Waals surface area contributed by atoms with Gasteiger partial charge in [-0.15, -0.1) is 0 Å². The van der Waals surface area contributed by atoms with Gasteiger partial charge in [0.15, 0.2) is 0 Å². The molecule has 3 saturated heterocycles. The van der Waals surface area contributed by atoms with E-state index in [1.165, 1.54) is 6.33 Å². The molecule has 3 fully saturated rings. The number of aromatic nitrogens is 2. The van der Waals surface area contributed by atoms with Gasteiger partial charge in [-0.25, -0.2) is 14.4 Å². The molecule has 3 aromatic rings. The third-order valence-corrected chi connectivity index (χ3v) is 7.98. The third-order valence-electron chi connectivity index (χ3n) is 7.98. The molecule has 6 rings (SSSR count). The van der Waals surface area contributed by atoms with E-state index >= 15 is 4.39 Å². The molecule has 3 aliphatic rings. The fourth-order valence-corrected chi connectivity index (χ4v) is 5.58. The number of nitrogens with zero attached hydrogens (tertiary/aromatic N) is 4. The van der Waals surface area contributed by atoms with Crippen molar-refractivity contribution >= 4 is 17.3 Å². The van der Waals surface area contributed by atoms with Crippen molar-refractivity contribution in [3.8, 4) is 11.5 Å². The molecule has 9 nitrogen and oxygen atoms in total. The van der Waals surface area contributed by atoms with Gasteiger partial charge in [0.25, 0.3) is 0 Å². The molecule has 2 atom stereocenters. The SMILES string of the molecule is N=C(c1ccc(Oc2ccccc2)cc1)c1c(N)ncnc1NC1CCN(C2CN(CC3CNC3)C2)CC1F. The Balaban J connectivity index is 1.08. The molecule has 0 aliphatic carbocycles. The van der Waals surface area contributed by atoms with Crippen molar-refractivity contribution in [3.63, 3.8) is 0 Å². The molecule has 3 aliphatic heterocycles. The van der Waals surface area contributed by atoms with Gasteiger partial charge in [0.05, 0.1) is 17.3 Å². The van der Waals surface area contributed by atoms with Gasteiger partial charge in [-0.2, -0.15) is 0 Å². The largest absolute Gasteiger partial charge is 0.457 e. The Morgan fingerprint density at radius 1 is 1.05 bits per heavy atom. The molecule has 0 spiro atoms. The number of para-hydroxylation sites is 1. The van der Waals surface area contributed by atoms with E-state index in [-0.39, 0.29) is 11.5 Å². The van der Waals surface area contributed by atoms with Crippen LogP contribution in [0.15, 0.2) is 60.9 Å². The maximum absolute atomic E-state index is 15.4. The van der Waals surface area contributed by atoms with Gasteiger partial charge >= 0.3 is 0 Å². The highest BCUT2D eigenvalue weighted by atomic mass is 19.1. The Labute approximate surface area is 228 Å². The van der Waals surface area contributed by atoms with E-state index in [2.05, 4.69) is 30.4 Å². The number of rotatable bonds is 9. The van der Waals surface area contributed by atoms with Crippen molar-refractivity contribution < 1.29 is 9.13 Å². The minimum Gasteiger partial charge on any atom is -0.457 e. The number of likely N-dealkylation sites (tertiary alicyclic amines) is 2. The molecule has 5 N–H and O–H groups in total. The summed E-state index contributed by atoms with van der Waals surface area (Å²) in [5.41, 5.74) is 7.40. The molecule has 2 aromatic carbocycles. The van der Waals surface area contributed by atoms with Gasteiger partial charge in [0.2, 0.25) is 0 Å². The van der Waals surface area contributed by atoms with Crippen LogP contribution >= 0.6 is 0 Å². The summed E-state index contributed by atoms with van der Waals surface area (Å²) in [5.74, 6) is 2.74. The fourth-order valence-electron chi connectivity index (χ4n) is 5.58. The highest BCUT2D eigenvalue weighted by Gasteiger charge is 2.39. The van der Waals surface area contributed by atoms with Crippen LogP contribution in [0.3, 0.4) is 0 Å². The van der Waals surface area contributed by atoms with Crippen LogP contribution in [0, 0.1) is 11.3 Å². The molecule has 0 amide bonds. The Morgan fingerprint density at radius 3 is 2.49 bits per heavy atom. The van der Waals surface area contributed by atoms with Gasteiger partial charge in [-0.05, 0) is 48.7 Å². The molecule has 1 aromatic heterocycles. The number of benzene rings is 2. The molecule has 10 heteroatoms. The normalized spacial score (nSPS) is 22.6. The second kappa shape index (κ2) is 11.3. The average Bonchev–Trinajstić information content (AvgIpc) is 2.89. The number of hydrogen-bond donors (Lipinski definition) is 4. The molecule has 2 unspecified atom stereocenters. The van der Waals surface area contributed by atoms with Crippen LogP contribution in [0.4, 0.5) is 16.0 Å². The number of halogens is 1. The van der Waals surface area contributed by atoms with Crippen LogP contribution in [0.1, 0.15) is 17.5 Å². The summed E-state index contributed by atoms with van der Waals surface area (Å²) in [6.07, 6.45) is 0.969. The first kappa shape index (κ1) is 25.7. The maximum Gasteiger partial charge on any atom is 0.141 e. The van der Waals surface area contributed by atoms with Crippen LogP contribution in [-0.2, 0) is 0 Å². The molecular weight excluding hydrogens is 495 g/mol. The average molecular weight is 531 g/mol. The monoisotopic (exact) mass is 530 g/mol. The van der Waals surface area contributed by atoms with Gasteiger partial charge in [-0.3, -0.25) is 15.2 Å². The first-order chi connectivity index (χ1) is 19.0. The second-order valence-electron chi connectivity index (χ2n) is 10.7. The van der Waals surface area contributed by atoms with E-state index in [1.807, 2.05) is 42.5 Å². The zero-order valence-electron chi connectivity index (χ0n) is 21.9. The third kappa shape index (κ3) is 5.73. The summed E-state index contributed by atoms with van der Waals surface area (Å²) in [6, 6.07) is 16.8. The van der Waals surface area contributed by atoms with Crippen molar-refractivity contribution in [1.29, 1.82) is 5.41 Å². The Bertz CT molecular complexity index is 1280. The molecule has 39 heavy (non-hydrogen) atoms. The van der Waals surface area contributed by atoms with Gasteiger partial charge < -0.3 is 21.1 Å². The predicted octanol–water partition coefficient (Wildman–Crippen LogP) is 3.00. The smallest absolute Gasteiger partial charge is 0.141 e. The lowest BCUT2D eigenvalue weighted by molar-refractivity contribution is -0.00926. The summed E-state index contributed by atoms with van der Waals surface area (Å²) < 4.78 is 21.3. The van der Waals surface area contributed by atoms with Crippen LogP contribution < -0.4 is 21.1 Å². The van der Waals surface area contributed by atoms with E-state index in [0.29, 0.717) is 41.7 Å². The van der Waals surface area contributed by atoms with Crippen molar-refractivity contribution in [2.24, 2.45) is 5.92 Å². The van der Waals surface area contributed by atoms with E-state index in [0.717, 1.165) is 50.9 Å². The second-order valence-corrected chi connectivity index (χ2v) is 10.7. The topological polar surface area (TPSA) is 115 Å². The van der Waals surface area contributed by atoms with Gasteiger partial charge in [0, 0.05) is 57.4 Å². The number of piperidine rings is 1. The van der Waals surface area contributed by atoms with E-state index in [1.54, 1.807) is 12.1 Å². The van der Waals surface area contributed by atoms with Gasteiger partial charge in [-0.1, -0.05) is 18.2 Å². The number of nitrogen functional groups attached to an aromatic ring is 1. The van der Waals surface area contributed by atoms with Crippen molar-refractivity contribution in [2.75, 3.05) is 56.9 Å². The standard InChI is InChI=1S/C29H35FN8O/c30-24-17-38(21-15-37(16-21)14-19-12-33-13-19)11-10-25(24)36-29-26(28(32)34-18-35-29)27(31)20-6-8-23(9-7-20)39-22-4-2-1-3-5-22/h1-9,18-19,21,24-25,31,33H,10-17H2,(H3,32,34,35,36). The number of hydrogen-bond acceptors (Lipinski definition) is 9. The van der Waals surface area contributed by atoms with Crippen molar-refractivity contribution in [3.05, 3.63) is 72.1 Å². The molecule has 0 bridgehead atoms. The number of alkyl halides is 1. The first-order valence-corrected chi connectivity index (χ1v) is 13.6. The Hall–Kier alpha value is -3.60. The van der Waals surface area contributed by atoms with E-state index in [4.69, 9.17) is 15.9 Å². The number of nitrogens with two attached hydrogens (primary N) is 1. The number of anilines is 2. The first-order valence-electron chi connectivity index (χ1n) is 13.6. The molecular formula is C29H35FN8O. The zero-order chi connectivity index (χ0) is 26.8. The molecule has 0 radical (unpaired) electrons.